The Labute approximate surface area is 132 Å². The third-order valence-electron chi connectivity index (χ3n) is 2.89. The van der Waals surface area contributed by atoms with Crippen LogP contribution in [0.2, 0.25) is 0 Å². The summed E-state index contributed by atoms with van der Waals surface area (Å²) in [5.74, 6) is -1.03. The van der Waals surface area contributed by atoms with Crippen molar-refractivity contribution in [2.75, 3.05) is 19.8 Å². The fraction of sp³-hybridized carbons (Fsp3) is 0.385. The molecule has 118 valence electrons. The van der Waals surface area contributed by atoms with Crippen molar-refractivity contribution in [3.63, 3.8) is 0 Å². The minimum atomic E-state index is -1.08. The molecule has 2 rings (SSSR count). The Balaban J connectivity index is 2.08. The lowest BCUT2D eigenvalue weighted by molar-refractivity contribution is -0.115. The van der Waals surface area contributed by atoms with E-state index in [2.05, 4.69) is 10.5 Å². The van der Waals surface area contributed by atoms with Gasteiger partial charge < -0.3 is 24.9 Å². The summed E-state index contributed by atoms with van der Waals surface area (Å²) < 4.78 is 5.14. The summed E-state index contributed by atoms with van der Waals surface area (Å²) in [6.07, 6.45) is 4.08. The lowest BCUT2D eigenvalue weighted by Crippen LogP contribution is -2.49. The number of carbonyl (C=O) groups excluding carboxylic acids is 1. The van der Waals surface area contributed by atoms with E-state index in [1.54, 1.807) is 18.2 Å². The van der Waals surface area contributed by atoms with E-state index in [1.165, 1.54) is 11.3 Å². The van der Waals surface area contributed by atoms with Gasteiger partial charge in [0.15, 0.2) is 5.71 Å². The monoisotopic (exact) mass is 324 g/mol. The molecule has 1 aliphatic heterocycles. The number of amides is 1. The van der Waals surface area contributed by atoms with Crippen LogP contribution >= 0.6 is 11.3 Å². The number of hydrogen-bond donors (Lipinski definition) is 3. The molecule has 0 spiro atoms. The third-order valence-corrected chi connectivity index (χ3v) is 3.77. The van der Waals surface area contributed by atoms with Crippen LogP contribution in [0.25, 0.3) is 0 Å². The van der Waals surface area contributed by atoms with Gasteiger partial charge in [0.05, 0.1) is 17.4 Å². The standard InChI is InChI=1S/C13H17BN2O5S/c17-6-8-21-16-12(10-4-3-9-22-10)13(18)15-11-5-1-2-7-20-14(11)19/h1-4,9,11,17,19H,5-8H2,(H,15,18)/b16-12-. The van der Waals surface area contributed by atoms with Crippen molar-refractivity contribution in [2.45, 2.75) is 12.4 Å². The number of aliphatic hydroxyl groups is 1. The molecule has 0 fully saturated rings. The van der Waals surface area contributed by atoms with Crippen LogP contribution < -0.4 is 5.32 Å². The maximum absolute atomic E-state index is 12.4. The van der Waals surface area contributed by atoms with Crippen LogP contribution in [0.3, 0.4) is 0 Å². The molecule has 7 nitrogen and oxygen atoms in total. The normalized spacial score (nSPS) is 18.9. The largest absolute Gasteiger partial charge is 0.478 e. The Kier molecular flexibility index (Phi) is 6.59. The van der Waals surface area contributed by atoms with Crippen molar-refractivity contribution in [1.82, 2.24) is 5.32 Å². The molecule has 0 saturated heterocycles. The quantitative estimate of drug-likeness (QED) is 0.224. The van der Waals surface area contributed by atoms with E-state index < -0.39 is 19.0 Å². The summed E-state index contributed by atoms with van der Waals surface area (Å²) in [6.45, 7) is 0.113. The molecule has 9 heteroatoms. The Morgan fingerprint density at radius 3 is 3.18 bits per heavy atom. The minimum Gasteiger partial charge on any atom is -0.426 e. The Morgan fingerprint density at radius 2 is 2.45 bits per heavy atom. The minimum absolute atomic E-state index is 0.0000572. The maximum atomic E-state index is 12.4. The van der Waals surface area contributed by atoms with Gasteiger partial charge in [-0.15, -0.1) is 11.3 Å². The van der Waals surface area contributed by atoms with E-state index >= 15 is 0 Å². The summed E-state index contributed by atoms with van der Waals surface area (Å²) in [5, 5.41) is 26.9. The van der Waals surface area contributed by atoms with Gasteiger partial charge in [-0.2, -0.15) is 0 Å². The van der Waals surface area contributed by atoms with E-state index in [1.807, 2.05) is 11.5 Å². The molecule has 1 unspecified atom stereocenters. The molecule has 3 N–H and O–H groups in total. The molecule has 2 heterocycles. The second-order valence-corrected chi connectivity index (χ2v) is 5.43. The number of carbonyl (C=O) groups is 1. The molecule has 1 amide bonds. The SMILES string of the molecule is O=C(NC1CC=CCOB1O)/C(=N\OCCO)c1cccs1. The summed E-state index contributed by atoms with van der Waals surface area (Å²) in [7, 11) is -1.08. The Hall–Kier alpha value is -1.68. The highest BCUT2D eigenvalue weighted by atomic mass is 32.1. The predicted molar refractivity (Wildman–Crippen MR) is 83.5 cm³/mol. The Morgan fingerprint density at radius 1 is 1.59 bits per heavy atom. The van der Waals surface area contributed by atoms with Gasteiger partial charge >= 0.3 is 7.12 Å². The van der Waals surface area contributed by atoms with Gasteiger partial charge in [0.1, 0.15) is 6.61 Å². The van der Waals surface area contributed by atoms with E-state index in [9.17, 15) is 9.82 Å². The molecule has 1 aliphatic rings. The Bertz CT molecular complexity index is 535. The first kappa shape index (κ1) is 16.7. The van der Waals surface area contributed by atoms with Crippen molar-refractivity contribution >= 4 is 30.1 Å². The van der Waals surface area contributed by atoms with Gasteiger partial charge in [-0.05, 0) is 17.9 Å². The first-order chi connectivity index (χ1) is 10.7. The third kappa shape index (κ3) is 4.67. The number of nitrogens with one attached hydrogen (secondary N) is 1. The summed E-state index contributed by atoms with van der Waals surface area (Å²) >= 11 is 1.34. The maximum Gasteiger partial charge on any atom is 0.478 e. The van der Waals surface area contributed by atoms with Crippen LogP contribution in [-0.4, -0.2) is 54.6 Å². The number of nitrogens with zero attached hydrogens (tertiary/aromatic N) is 1. The van der Waals surface area contributed by atoms with Gasteiger partial charge in [0, 0.05) is 6.61 Å². The van der Waals surface area contributed by atoms with Crippen molar-refractivity contribution in [2.24, 2.45) is 5.16 Å². The number of thiophene rings is 1. The first-order valence-electron chi connectivity index (χ1n) is 6.82. The number of aliphatic hydroxyl groups excluding tert-OH is 1. The number of oxime groups is 1. The van der Waals surface area contributed by atoms with E-state index in [0.717, 1.165) is 0 Å². The first-order valence-corrected chi connectivity index (χ1v) is 7.70. The van der Waals surface area contributed by atoms with E-state index in [-0.39, 0.29) is 18.9 Å². The topological polar surface area (TPSA) is 100 Å². The lowest BCUT2D eigenvalue weighted by Gasteiger charge is -2.17. The van der Waals surface area contributed by atoms with Crippen molar-refractivity contribution in [3.8, 4) is 0 Å². The molecule has 1 aromatic rings. The highest BCUT2D eigenvalue weighted by Crippen LogP contribution is 2.12. The highest BCUT2D eigenvalue weighted by molar-refractivity contribution is 7.13. The zero-order valence-corrected chi connectivity index (χ0v) is 12.7. The predicted octanol–water partition coefficient (Wildman–Crippen LogP) is -0.0579. The van der Waals surface area contributed by atoms with Gasteiger partial charge in [-0.25, -0.2) is 0 Å². The molecule has 0 aliphatic carbocycles. The van der Waals surface area contributed by atoms with Crippen LogP contribution in [0.4, 0.5) is 0 Å². The van der Waals surface area contributed by atoms with Crippen LogP contribution in [-0.2, 0) is 14.3 Å². The summed E-state index contributed by atoms with van der Waals surface area (Å²) in [4.78, 5) is 17.9. The second kappa shape index (κ2) is 8.69. The van der Waals surface area contributed by atoms with E-state index in [4.69, 9.17) is 14.6 Å². The van der Waals surface area contributed by atoms with Crippen molar-refractivity contribution in [3.05, 3.63) is 34.5 Å². The number of rotatable bonds is 6. The highest BCUT2D eigenvalue weighted by Gasteiger charge is 2.30. The number of hydrogen-bond acceptors (Lipinski definition) is 7. The van der Waals surface area contributed by atoms with Crippen molar-refractivity contribution in [1.29, 1.82) is 0 Å². The molecule has 0 radical (unpaired) electrons. The zero-order chi connectivity index (χ0) is 15.8. The molecular weight excluding hydrogens is 307 g/mol. The summed E-state index contributed by atoms with van der Waals surface area (Å²) in [6, 6.07) is 3.53. The van der Waals surface area contributed by atoms with Gasteiger partial charge in [0.25, 0.3) is 5.91 Å². The molecule has 0 bridgehead atoms. The van der Waals surface area contributed by atoms with Crippen LogP contribution in [0.1, 0.15) is 11.3 Å². The molecule has 0 saturated carbocycles. The molecule has 22 heavy (non-hydrogen) atoms. The lowest BCUT2D eigenvalue weighted by atomic mass is 9.77. The average Bonchev–Trinajstić information content (AvgIpc) is 2.96. The smallest absolute Gasteiger partial charge is 0.426 e. The average molecular weight is 324 g/mol. The van der Waals surface area contributed by atoms with Crippen LogP contribution in [0.15, 0.2) is 34.8 Å². The fourth-order valence-electron chi connectivity index (χ4n) is 1.83. The molecule has 1 aromatic heterocycles. The van der Waals surface area contributed by atoms with Gasteiger partial charge in [-0.3, -0.25) is 4.79 Å². The molecule has 1 atom stereocenters. The fourth-order valence-corrected chi connectivity index (χ4v) is 2.53. The molecular formula is C13H17BN2O5S. The zero-order valence-electron chi connectivity index (χ0n) is 11.8. The van der Waals surface area contributed by atoms with E-state index in [0.29, 0.717) is 17.9 Å². The van der Waals surface area contributed by atoms with Crippen LogP contribution in [0, 0.1) is 0 Å². The van der Waals surface area contributed by atoms with Crippen LogP contribution in [0.5, 0.6) is 0 Å². The van der Waals surface area contributed by atoms with Gasteiger partial charge in [-0.1, -0.05) is 23.4 Å². The van der Waals surface area contributed by atoms with Gasteiger partial charge in [0.2, 0.25) is 0 Å². The summed E-state index contributed by atoms with van der Waals surface area (Å²) in [5.41, 5.74) is 0.101. The molecule has 0 aromatic carbocycles. The van der Waals surface area contributed by atoms with Crippen molar-refractivity contribution < 1.29 is 24.4 Å². The second-order valence-electron chi connectivity index (χ2n) is 4.48.